The minimum atomic E-state index is 0. The molecule has 0 radical (unpaired) electrons. The number of aryl methyl sites for hydroxylation is 1. The highest BCUT2D eigenvalue weighted by Gasteiger charge is 2.27. The molecule has 1 saturated heterocycles. The lowest BCUT2D eigenvalue weighted by Gasteiger charge is -2.35. The predicted molar refractivity (Wildman–Crippen MR) is 105 cm³/mol. The van der Waals surface area contributed by atoms with Crippen molar-refractivity contribution in [3.05, 3.63) is 12.4 Å². The van der Waals surface area contributed by atoms with E-state index in [1.54, 1.807) is 15.8 Å². The van der Waals surface area contributed by atoms with E-state index in [4.69, 9.17) is 5.11 Å². The number of piperazine rings is 1. The summed E-state index contributed by atoms with van der Waals surface area (Å²) in [7, 11) is 1.84. The summed E-state index contributed by atoms with van der Waals surface area (Å²) in [5, 5.41) is 16.5. The molecule has 2 rings (SSSR count). The number of hydrogen-bond acceptors (Lipinski definition) is 4. The van der Waals surface area contributed by atoms with E-state index in [0.717, 1.165) is 18.2 Å². The number of anilines is 1. The SMILES string of the molecule is CCNC(=NCC(C)CO)N1CCN(c2cnn(C)c2)C(=O)C1.I. The molecule has 136 valence electrons. The number of hydrogen-bond donors (Lipinski definition) is 2. The van der Waals surface area contributed by atoms with Gasteiger partial charge in [-0.1, -0.05) is 6.92 Å². The molecule has 1 aliphatic rings. The smallest absolute Gasteiger partial charge is 0.246 e. The van der Waals surface area contributed by atoms with Gasteiger partial charge in [-0.2, -0.15) is 5.10 Å². The van der Waals surface area contributed by atoms with Gasteiger partial charge in [-0.25, -0.2) is 0 Å². The van der Waals surface area contributed by atoms with Crippen LogP contribution < -0.4 is 10.2 Å². The minimum Gasteiger partial charge on any atom is -0.396 e. The molecular formula is C15H27IN6O2. The number of rotatable bonds is 5. The summed E-state index contributed by atoms with van der Waals surface area (Å²) in [5.74, 6) is 0.869. The molecule has 2 N–H and O–H groups in total. The number of amides is 1. The van der Waals surface area contributed by atoms with Crippen LogP contribution in [0, 0.1) is 5.92 Å². The lowest BCUT2D eigenvalue weighted by molar-refractivity contribution is -0.120. The first-order chi connectivity index (χ1) is 11.0. The summed E-state index contributed by atoms with van der Waals surface area (Å²) in [6.45, 7) is 6.92. The van der Waals surface area contributed by atoms with Crippen molar-refractivity contribution in [2.24, 2.45) is 18.0 Å². The third kappa shape index (κ3) is 5.33. The van der Waals surface area contributed by atoms with Crippen LogP contribution >= 0.6 is 24.0 Å². The van der Waals surface area contributed by atoms with Crippen LogP contribution in [0.15, 0.2) is 17.4 Å². The van der Waals surface area contributed by atoms with Gasteiger partial charge >= 0.3 is 0 Å². The second-order valence-corrected chi connectivity index (χ2v) is 5.82. The van der Waals surface area contributed by atoms with Crippen molar-refractivity contribution in [2.45, 2.75) is 13.8 Å². The first-order valence-corrected chi connectivity index (χ1v) is 7.98. The van der Waals surface area contributed by atoms with E-state index in [9.17, 15) is 4.79 Å². The fourth-order valence-electron chi connectivity index (χ4n) is 2.40. The molecule has 0 bridgehead atoms. The highest BCUT2D eigenvalue weighted by atomic mass is 127. The maximum atomic E-state index is 12.4. The number of carbonyl (C=O) groups is 1. The average molecular weight is 450 g/mol. The van der Waals surface area contributed by atoms with Crippen molar-refractivity contribution in [1.82, 2.24) is 20.0 Å². The van der Waals surface area contributed by atoms with Crippen LogP contribution in [0.4, 0.5) is 5.69 Å². The maximum Gasteiger partial charge on any atom is 0.246 e. The Kier molecular flexibility index (Phi) is 8.46. The van der Waals surface area contributed by atoms with E-state index < -0.39 is 0 Å². The van der Waals surface area contributed by atoms with Gasteiger partial charge in [-0.05, 0) is 12.8 Å². The first-order valence-electron chi connectivity index (χ1n) is 7.98. The molecule has 1 unspecified atom stereocenters. The van der Waals surface area contributed by atoms with Crippen molar-refractivity contribution >= 4 is 41.5 Å². The lowest BCUT2D eigenvalue weighted by Crippen LogP contribution is -2.55. The van der Waals surface area contributed by atoms with E-state index >= 15 is 0 Å². The number of carbonyl (C=O) groups excluding carboxylic acids is 1. The van der Waals surface area contributed by atoms with Gasteiger partial charge in [0, 0.05) is 46.0 Å². The van der Waals surface area contributed by atoms with Gasteiger partial charge in [0.15, 0.2) is 5.96 Å². The number of aliphatic hydroxyl groups excluding tert-OH is 1. The van der Waals surface area contributed by atoms with Gasteiger partial charge in [0.25, 0.3) is 0 Å². The van der Waals surface area contributed by atoms with E-state index in [2.05, 4.69) is 15.4 Å². The predicted octanol–water partition coefficient (Wildman–Crippen LogP) is 0.281. The molecule has 1 aromatic rings. The second kappa shape index (κ2) is 9.82. The Balaban J connectivity index is 0.00000288. The molecule has 1 aliphatic heterocycles. The zero-order valence-corrected chi connectivity index (χ0v) is 16.8. The number of aliphatic imine (C=N–C) groups is 1. The summed E-state index contributed by atoms with van der Waals surface area (Å²) < 4.78 is 1.69. The average Bonchev–Trinajstić information content (AvgIpc) is 2.97. The third-order valence-electron chi connectivity index (χ3n) is 3.72. The Morgan fingerprint density at radius 3 is 2.79 bits per heavy atom. The number of nitrogens with one attached hydrogen (secondary N) is 1. The van der Waals surface area contributed by atoms with E-state index in [-0.39, 0.29) is 49.0 Å². The van der Waals surface area contributed by atoms with Crippen LogP contribution in [0.3, 0.4) is 0 Å². The van der Waals surface area contributed by atoms with Gasteiger partial charge in [-0.15, -0.1) is 24.0 Å². The van der Waals surface area contributed by atoms with Gasteiger partial charge in [0.1, 0.15) is 6.54 Å². The van der Waals surface area contributed by atoms with Crippen LogP contribution in [-0.4, -0.2) is 71.0 Å². The zero-order valence-electron chi connectivity index (χ0n) is 14.5. The Bertz CT molecular complexity index is 562. The molecule has 1 amide bonds. The molecule has 1 atom stereocenters. The van der Waals surface area contributed by atoms with Crippen molar-refractivity contribution < 1.29 is 9.90 Å². The fourth-order valence-corrected chi connectivity index (χ4v) is 2.40. The first kappa shape index (κ1) is 20.7. The Morgan fingerprint density at radius 1 is 1.50 bits per heavy atom. The summed E-state index contributed by atoms with van der Waals surface area (Å²) in [6.07, 6.45) is 3.55. The van der Waals surface area contributed by atoms with Crippen molar-refractivity contribution in [2.75, 3.05) is 44.2 Å². The summed E-state index contributed by atoms with van der Waals surface area (Å²) in [4.78, 5) is 20.7. The number of guanidine groups is 1. The number of aromatic nitrogens is 2. The van der Waals surface area contributed by atoms with Gasteiger partial charge in [0.05, 0.1) is 11.9 Å². The van der Waals surface area contributed by atoms with Crippen LogP contribution in [0.1, 0.15) is 13.8 Å². The Labute approximate surface area is 159 Å². The Hall–Kier alpha value is -1.36. The van der Waals surface area contributed by atoms with E-state index in [1.165, 1.54) is 0 Å². The highest BCUT2D eigenvalue weighted by molar-refractivity contribution is 14.0. The molecule has 2 heterocycles. The molecular weight excluding hydrogens is 423 g/mol. The standard InChI is InChI=1S/C15H26N6O2.HI/c1-4-16-15(17-7-12(2)11-22)20-5-6-21(14(23)10-20)13-8-18-19(3)9-13;/h8-9,12,22H,4-7,10-11H2,1-3H3,(H,16,17);1H. The molecule has 1 fully saturated rings. The monoisotopic (exact) mass is 450 g/mol. The highest BCUT2D eigenvalue weighted by Crippen LogP contribution is 2.16. The summed E-state index contributed by atoms with van der Waals surface area (Å²) >= 11 is 0. The van der Waals surface area contributed by atoms with Crippen molar-refractivity contribution in [1.29, 1.82) is 0 Å². The summed E-state index contributed by atoms with van der Waals surface area (Å²) in [5.41, 5.74) is 0.827. The molecule has 0 aromatic carbocycles. The minimum absolute atomic E-state index is 0. The zero-order chi connectivity index (χ0) is 16.8. The quantitative estimate of drug-likeness (QED) is 0.383. The van der Waals surface area contributed by atoms with E-state index in [1.807, 2.05) is 32.0 Å². The van der Waals surface area contributed by atoms with Gasteiger partial charge < -0.3 is 20.2 Å². The number of halogens is 1. The summed E-state index contributed by atoms with van der Waals surface area (Å²) in [6, 6.07) is 0. The topological polar surface area (TPSA) is 86.0 Å². The van der Waals surface area contributed by atoms with Crippen LogP contribution in [0.25, 0.3) is 0 Å². The molecule has 8 nitrogen and oxygen atoms in total. The van der Waals surface area contributed by atoms with Crippen LogP contribution in [-0.2, 0) is 11.8 Å². The molecule has 0 aliphatic carbocycles. The van der Waals surface area contributed by atoms with Crippen molar-refractivity contribution in [3.63, 3.8) is 0 Å². The molecule has 9 heteroatoms. The van der Waals surface area contributed by atoms with Crippen LogP contribution in [0.5, 0.6) is 0 Å². The third-order valence-corrected chi connectivity index (χ3v) is 3.72. The molecule has 0 saturated carbocycles. The molecule has 1 aromatic heterocycles. The van der Waals surface area contributed by atoms with Gasteiger partial charge in [-0.3, -0.25) is 14.5 Å². The van der Waals surface area contributed by atoms with Gasteiger partial charge in [0.2, 0.25) is 5.91 Å². The fraction of sp³-hybridized carbons (Fsp3) is 0.667. The number of aliphatic hydroxyl groups is 1. The van der Waals surface area contributed by atoms with Crippen molar-refractivity contribution in [3.8, 4) is 0 Å². The molecule has 24 heavy (non-hydrogen) atoms. The Morgan fingerprint density at radius 2 is 2.25 bits per heavy atom. The maximum absolute atomic E-state index is 12.4. The van der Waals surface area contributed by atoms with E-state index in [0.29, 0.717) is 19.6 Å². The second-order valence-electron chi connectivity index (χ2n) is 5.82. The van der Waals surface area contributed by atoms with Crippen LogP contribution in [0.2, 0.25) is 0 Å². The number of nitrogens with zero attached hydrogens (tertiary/aromatic N) is 5. The molecule has 0 spiro atoms. The normalized spacial score (nSPS) is 16.8. The lowest BCUT2D eigenvalue weighted by atomic mass is 10.2. The largest absolute Gasteiger partial charge is 0.396 e.